The smallest absolute Gasteiger partial charge is 0.276 e. The lowest BCUT2D eigenvalue weighted by molar-refractivity contribution is 0.101. The number of aryl methyl sites for hydroxylation is 2. The molecular formula is C21H18N6O2. The van der Waals surface area contributed by atoms with Gasteiger partial charge >= 0.3 is 0 Å². The minimum absolute atomic E-state index is 0.292. The van der Waals surface area contributed by atoms with Gasteiger partial charge in [-0.1, -0.05) is 18.2 Å². The third kappa shape index (κ3) is 3.68. The fourth-order valence-electron chi connectivity index (χ4n) is 3.06. The average molecular weight is 386 g/mol. The number of nitrogens with one attached hydrogen (secondary N) is 2. The van der Waals surface area contributed by atoms with E-state index >= 15 is 0 Å². The zero-order valence-corrected chi connectivity index (χ0v) is 15.9. The van der Waals surface area contributed by atoms with Gasteiger partial charge in [-0.2, -0.15) is 5.10 Å². The number of carbonyl (C=O) groups excluding carboxylic acids is 2. The molecular weight excluding hydrogens is 368 g/mol. The van der Waals surface area contributed by atoms with Gasteiger partial charge in [0.1, 0.15) is 6.33 Å². The predicted octanol–water partition coefficient (Wildman–Crippen LogP) is 3.18. The molecule has 0 bridgehead atoms. The van der Waals surface area contributed by atoms with Crippen LogP contribution in [0.25, 0.3) is 10.9 Å². The van der Waals surface area contributed by atoms with Crippen molar-refractivity contribution in [3.05, 3.63) is 78.0 Å². The Morgan fingerprint density at radius 2 is 1.72 bits per heavy atom. The van der Waals surface area contributed by atoms with Crippen LogP contribution in [0, 0.1) is 6.92 Å². The third-order valence-corrected chi connectivity index (χ3v) is 4.53. The van der Waals surface area contributed by atoms with Crippen LogP contribution in [0.3, 0.4) is 0 Å². The molecule has 0 saturated carbocycles. The first kappa shape index (κ1) is 18.3. The molecule has 2 aromatic heterocycles. The van der Waals surface area contributed by atoms with Crippen molar-refractivity contribution >= 4 is 34.1 Å². The summed E-state index contributed by atoms with van der Waals surface area (Å²) in [7, 11) is 1.80. The van der Waals surface area contributed by atoms with Gasteiger partial charge in [-0.3, -0.25) is 14.3 Å². The summed E-state index contributed by atoms with van der Waals surface area (Å²) in [5, 5.41) is 10.8. The zero-order valence-electron chi connectivity index (χ0n) is 15.9. The minimum atomic E-state index is -0.301. The standard InChI is InChI=1S/C21H18N6O2/c1-13-9-15(7-8-17(13)25-20(28)14-10-22-12-23-11-14)24-21(29)19-16-5-3-4-6-18(16)27(2)26-19/h3-12H,1-2H3,(H,24,29)(H,25,28). The lowest BCUT2D eigenvalue weighted by Gasteiger charge is -2.11. The zero-order chi connectivity index (χ0) is 20.4. The molecule has 2 amide bonds. The van der Waals surface area contributed by atoms with Crippen LogP contribution in [-0.2, 0) is 7.05 Å². The number of nitrogens with zero attached hydrogens (tertiary/aromatic N) is 4. The number of para-hydroxylation sites is 1. The Kier molecular flexibility index (Phi) is 4.74. The summed E-state index contributed by atoms with van der Waals surface area (Å²) >= 11 is 0. The lowest BCUT2D eigenvalue weighted by atomic mass is 10.1. The number of aromatic nitrogens is 4. The van der Waals surface area contributed by atoms with Crippen LogP contribution >= 0.6 is 0 Å². The fraction of sp³-hybridized carbons (Fsp3) is 0.0952. The summed E-state index contributed by atoms with van der Waals surface area (Å²) in [6.07, 6.45) is 4.26. The number of anilines is 2. The maximum atomic E-state index is 12.7. The predicted molar refractivity (Wildman–Crippen MR) is 110 cm³/mol. The van der Waals surface area contributed by atoms with E-state index in [0.29, 0.717) is 22.6 Å². The van der Waals surface area contributed by atoms with Crippen LogP contribution in [0.1, 0.15) is 26.4 Å². The molecule has 0 aliphatic carbocycles. The van der Waals surface area contributed by atoms with E-state index in [1.807, 2.05) is 31.2 Å². The monoisotopic (exact) mass is 386 g/mol. The molecule has 2 aromatic carbocycles. The molecule has 29 heavy (non-hydrogen) atoms. The highest BCUT2D eigenvalue weighted by atomic mass is 16.2. The van der Waals surface area contributed by atoms with Gasteiger partial charge in [-0.15, -0.1) is 0 Å². The van der Waals surface area contributed by atoms with Gasteiger partial charge in [-0.25, -0.2) is 9.97 Å². The summed E-state index contributed by atoms with van der Waals surface area (Å²) in [5.41, 5.74) is 3.67. The maximum Gasteiger partial charge on any atom is 0.276 e. The topological polar surface area (TPSA) is 102 Å². The van der Waals surface area contributed by atoms with Gasteiger partial charge in [0.05, 0.1) is 11.1 Å². The van der Waals surface area contributed by atoms with E-state index < -0.39 is 0 Å². The molecule has 0 atom stereocenters. The Hall–Kier alpha value is -4.07. The number of hydrogen-bond acceptors (Lipinski definition) is 5. The first-order valence-corrected chi connectivity index (χ1v) is 8.93. The van der Waals surface area contributed by atoms with Crippen molar-refractivity contribution in [2.24, 2.45) is 7.05 Å². The molecule has 0 unspecified atom stereocenters. The molecule has 8 heteroatoms. The van der Waals surface area contributed by atoms with Crippen LogP contribution in [0.15, 0.2) is 61.2 Å². The van der Waals surface area contributed by atoms with E-state index in [1.165, 1.54) is 18.7 Å². The van der Waals surface area contributed by atoms with E-state index in [1.54, 1.807) is 29.9 Å². The normalized spacial score (nSPS) is 10.7. The second kappa shape index (κ2) is 7.51. The molecule has 8 nitrogen and oxygen atoms in total. The molecule has 4 rings (SSSR count). The van der Waals surface area contributed by atoms with Crippen LogP contribution in [0.4, 0.5) is 11.4 Å². The SMILES string of the molecule is Cc1cc(NC(=O)c2nn(C)c3ccccc23)ccc1NC(=O)c1cncnc1. The Labute approximate surface area is 166 Å². The molecule has 0 saturated heterocycles. The van der Waals surface area contributed by atoms with Crippen molar-refractivity contribution in [1.82, 2.24) is 19.7 Å². The molecule has 0 spiro atoms. The summed E-state index contributed by atoms with van der Waals surface area (Å²) in [6.45, 7) is 1.85. The van der Waals surface area contributed by atoms with Gasteiger partial charge in [-0.05, 0) is 36.8 Å². The van der Waals surface area contributed by atoms with Crippen LogP contribution < -0.4 is 10.6 Å². The summed E-state index contributed by atoms with van der Waals surface area (Å²) in [5.74, 6) is -0.593. The highest BCUT2D eigenvalue weighted by Gasteiger charge is 2.16. The maximum absolute atomic E-state index is 12.7. The average Bonchev–Trinajstić information content (AvgIpc) is 3.08. The van der Waals surface area contributed by atoms with Crippen molar-refractivity contribution < 1.29 is 9.59 Å². The van der Waals surface area contributed by atoms with Crippen molar-refractivity contribution in [2.45, 2.75) is 6.92 Å². The third-order valence-electron chi connectivity index (χ3n) is 4.53. The Morgan fingerprint density at radius 3 is 2.48 bits per heavy atom. The van der Waals surface area contributed by atoms with Crippen LogP contribution in [0.2, 0.25) is 0 Å². The fourth-order valence-corrected chi connectivity index (χ4v) is 3.06. The van der Waals surface area contributed by atoms with E-state index in [4.69, 9.17) is 0 Å². The van der Waals surface area contributed by atoms with E-state index in [9.17, 15) is 9.59 Å². The van der Waals surface area contributed by atoms with Crippen LogP contribution in [0.5, 0.6) is 0 Å². The molecule has 0 fully saturated rings. The molecule has 144 valence electrons. The Balaban J connectivity index is 1.52. The first-order chi connectivity index (χ1) is 14.0. The van der Waals surface area contributed by atoms with Crippen molar-refractivity contribution in [2.75, 3.05) is 10.6 Å². The lowest BCUT2D eigenvalue weighted by Crippen LogP contribution is -2.15. The van der Waals surface area contributed by atoms with Gasteiger partial charge in [0.2, 0.25) is 0 Å². The molecule has 0 aliphatic heterocycles. The quantitative estimate of drug-likeness (QED) is 0.561. The molecule has 0 aliphatic rings. The number of rotatable bonds is 4. The van der Waals surface area contributed by atoms with Gasteiger partial charge < -0.3 is 10.6 Å². The number of amides is 2. The van der Waals surface area contributed by atoms with E-state index in [2.05, 4.69) is 25.7 Å². The first-order valence-electron chi connectivity index (χ1n) is 8.93. The Morgan fingerprint density at radius 1 is 0.966 bits per heavy atom. The number of hydrogen-bond donors (Lipinski definition) is 2. The second-order valence-corrected chi connectivity index (χ2v) is 6.55. The molecule has 2 N–H and O–H groups in total. The number of benzene rings is 2. The summed E-state index contributed by atoms with van der Waals surface area (Å²) < 4.78 is 1.68. The van der Waals surface area contributed by atoms with Crippen molar-refractivity contribution in [1.29, 1.82) is 0 Å². The van der Waals surface area contributed by atoms with Crippen LogP contribution in [-0.4, -0.2) is 31.6 Å². The largest absolute Gasteiger partial charge is 0.322 e. The van der Waals surface area contributed by atoms with Gasteiger partial charge in [0, 0.05) is 36.2 Å². The highest BCUT2D eigenvalue weighted by Crippen LogP contribution is 2.22. The highest BCUT2D eigenvalue weighted by molar-refractivity contribution is 6.11. The number of fused-ring (bicyclic) bond motifs is 1. The number of carbonyl (C=O) groups is 2. The summed E-state index contributed by atoms with van der Waals surface area (Å²) in [4.78, 5) is 32.7. The Bertz CT molecular complexity index is 1220. The van der Waals surface area contributed by atoms with Gasteiger partial charge in [0.15, 0.2) is 5.69 Å². The van der Waals surface area contributed by atoms with E-state index in [0.717, 1.165) is 16.5 Å². The minimum Gasteiger partial charge on any atom is -0.322 e. The van der Waals surface area contributed by atoms with E-state index in [-0.39, 0.29) is 11.8 Å². The second-order valence-electron chi connectivity index (χ2n) is 6.55. The molecule has 2 heterocycles. The van der Waals surface area contributed by atoms with Crippen molar-refractivity contribution in [3.63, 3.8) is 0 Å². The molecule has 4 aromatic rings. The van der Waals surface area contributed by atoms with Gasteiger partial charge in [0.25, 0.3) is 11.8 Å². The molecule has 0 radical (unpaired) electrons. The summed E-state index contributed by atoms with van der Waals surface area (Å²) in [6, 6.07) is 12.8. The van der Waals surface area contributed by atoms with Crippen molar-refractivity contribution in [3.8, 4) is 0 Å².